The van der Waals surface area contributed by atoms with Crippen molar-refractivity contribution in [2.24, 2.45) is 47.3 Å². The zero-order chi connectivity index (χ0) is 22.1. The Morgan fingerprint density at radius 3 is 1.87 bits per heavy atom. The molecule has 3 aliphatic carbocycles. The van der Waals surface area contributed by atoms with Gasteiger partial charge in [0.2, 0.25) is 0 Å². The van der Waals surface area contributed by atoms with E-state index in [0.717, 1.165) is 53.8 Å². The van der Waals surface area contributed by atoms with Crippen molar-refractivity contribution in [1.29, 1.82) is 0 Å². The van der Waals surface area contributed by atoms with Crippen LogP contribution >= 0.6 is 0 Å². The van der Waals surface area contributed by atoms with Crippen LogP contribution in [-0.4, -0.2) is 11.7 Å². The lowest BCUT2D eigenvalue weighted by molar-refractivity contribution is 0.0272. The Labute approximate surface area is 195 Å². The van der Waals surface area contributed by atoms with Crippen LogP contribution in [-0.2, 0) is 0 Å². The summed E-state index contributed by atoms with van der Waals surface area (Å²) in [4.78, 5) is 0. The summed E-state index contributed by atoms with van der Waals surface area (Å²) in [5.41, 5.74) is 0. The molecule has 0 aromatic rings. The molecule has 0 bridgehead atoms. The summed E-state index contributed by atoms with van der Waals surface area (Å²) in [6.07, 6.45) is 26.2. The van der Waals surface area contributed by atoms with Crippen LogP contribution in [0.2, 0.25) is 0 Å². The minimum absolute atomic E-state index is 0.399. The molecule has 0 radical (unpaired) electrons. The Balaban J connectivity index is 1.46. The summed E-state index contributed by atoms with van der Waals surface area (Å²) in [6, 6.07) is 0. The van der Waals surface area contributed by atoms with Gasteiger partial charge >= 0.3 is 0 Å². The lowest BCUT2D eigenvalue weighted by Gasteiger charge is -2.47. The maximum atomic E-state index is 9.39. The Hall–Kier alpha value is -0.0400. The van der Waals surface area contributed by atoms with E-state index in [2.05, 4.69) is 20.8 Å². The van der Waals surface area contributed by atoms with Crippen molar-refractivity contribution in [3.8, 4) is 0 Å². The van der Waals surface area contributed by atoms with Crippen LogP contribution in [0.5, 0.6) is 0 Å². The van der Waals surface area contributed by atoms with E-state index in [-0.39, 0.29) is 0 Å². The number of hydrogen-bond acceptors (Lipinski definition) is 1. The van der Waals surface area contributed by atoms with Crippen LogP contribution in [0.3, 0.4) is 0 Å². The Morgan fingerprint density at radius 2 is 1.19 bits per heavy atom. The highest BCUT2D eigenvalue weighted by molar-refractivity contribution is 4.91. The molecular formula is C30H56O. The lowest BCUT2D eigenvalue weighted by atomic mass is 9.58. The van der Waals surface area contributed by atoms with Gasteiger partial charge in [0.15, 0.2) is 0 Å². The van der Waals surface area contributed by atoms with Crippen LogP contribution in [0.25, 0.3) is 0 Å². The van der Waals surface area contributed by atoms with Crippen LogP contribution in [0.4, 0.5) is 0 Å². The molecule has 0 saturated heterocycles. The van der Waals surface area contributed by atoms with Crippen LogP contribution < -0.4 is 0 Å². The molecule has 1 N–H and O–H groups in total. The van der Waals surface area contributed by atoms with E-state index in [4.69, 9.17) is 0 Å². The molecule has 0 heterocycles. The topological polar surface area (TPSA) is 20.2 Å². The average molecular weight is 433 g/mol. The molecule has 3 fully saturated rings. The minimum atomic E-state index is 0.399. The normalized spacial score (nSPS) is 39.5. The van der Waals surface area contributed by atoms with Crippen molar-refractivity contribution >= 4 is 0 Å². The smallest absolute Gasteiger partial charge is 0.0433 e. The molecule has 3 saturated carbocycles. The van der Waals surface area contributed by atoms with E-state index in [1.807, 2.05) is 0 Å². The molecule has 1 heteroatoms. The average Bonchev–Trinajstić information content (AvgIpc) is 2.82. The first kappa shape index (κ1) is 25.6. The maximum absolute atomic E-state index is 9.39. The Morgan fingerprint density at radius 1 is 0.581 bits per heavy atom. The molecule has 1 nitrogen and oxygen atoms in total. The van der Waals surface area contributed by atoms with Crippen molar-refractivity contribution in [3.63, 3.8) is 0 Å². The van der Waals surface area contributed by atoms with Crippen molar-refractivity contribution in [2.45, 2.75) is 136 Å². The lowest BCUT2D eigenvalue weighted by Crippen LogP contribution is -2.38. The summed E-state index contributed by atoms with van der Waals surface area (Å²) < 4.78 is 0. The summed E-state index contributed by atoms with van der Waals surface area (Å²) >= 11 is 0. The first-order valence-electron chi connectivity index (χ1n) is 14.8. The molecule has 0 aromatic carbocycles. The largest absolute Gasteiger partial charge is 0.396 e. The first-order chi connectivity index (χ1) is 15.2. The molecule has 3 aliphatic rings. The van der Waals surface area contributed by atoms with Crippen LogP contribution in [0.1, 0.15) is 136 Å². The molecule has 182 valence electrons. The number of unbranched alkanes of at least 4 members (excludes halogenated alkanes) is 3. The van der Waals surface area contributed by atoms with Crippen LogP contribution in [0.15, 0.2) is 0 Å². The highest BCUT2D eigenvalue weighted by atomic mass is 16.3. The summed E-state index contributed by atoms with van der Waals surface area (Å²) in [5.74, 6) is 7.92. The number of aliphatic hydroxyl groups is 1. The van der Waals surface area contributed by atoms with Crippen molar-refractivity contribution in [3.05, 3.63) is 0 Å². The van der Waals surface area contributed by atoms with Gasteiger partial charge in [0, 0.05) is 6.61 Å². The third-order valence-corrected chi connectivity index (χ3v) is 10.4. The van der Waals surface area contributed by atoms with E-state index in [9.17, 15) is 5.11 Å². The van der Waals surface area contributed by atoms with Crippen molar-refractivity contribution in [2.75, 3.05) is 6.61 Å². The van der Waals surface area contributed by atoms with Gasteiger partial charge in [-0.2, -0.15) is 0 Å². The second kappa shape index (κ2) is 13.6. The third kappa shape index (κ3) is 7.22. The number of hydrogen-bond donors (Lipinski definition) is 1. The van der Waals surface area contributed by atoms with Gasteiger partial charge in [-0.15, -0.1) is 0 Å². The second-order valence-electron chi connectivity index (χ2n) is 12.1. The van der Waals surface area contributed by atoms with Gasteiger partial charge in [-0.05, 0) is 98.7 Å². The Kier molecular flexibility index (Phi) is 11.2. The molecule has 6 atom stereocenters. The molecular weight excluding hydrogens is 376 g/mol. The first-order valence-corrected chi connectivity index (χ1v) is 14.8. The van der Waals surface area contributed by atoms with E-state index >= 15 is 0 Å². The molecule has 0 spiro atoms. The zero-order valence-corrected chi connectivity index (χ0v) is 21.5. The number of rotatable bonds is 11. The van der Waals surface area contributed by atoms with Gasteiger partial charge in [-0.1, -0.05) is 85.0 Å². The molecule has 0 amide bonds. The molecule has 3 rings (SSSR count). The fraction of sp³-hybridized carbons (Fsp3) is 1.00. The fourth-order valence-electron chi connectivity index (χ4n) is 8.49. The zero-order valence-electron chi connectivity index (χ0n) is 21.5. The summed E-state index contributed by atoms with van der Waals surface area (Å²) in [6.45, 7) is 7.65. The Bertz CT molecular complexity index is 465. The van der Waals surface area contributed by atoms with E-state index in [1.54, 1.807) is 38.5 Å². The van der Waals surface area contributed by atoms with Crippen LogP contribution in [0, 0.1) is 47.3 Å². The molecule has 6 unspecified atom stereocenters. The van der Waals surface area contributed by atoms with Gasteiger partial charge in [0.25, 0.3) is 0 Å². The van der Waals surface area contributed by atoms with E-state index in [1.165, 1.54) is 70.6 Å². The summed E-state index contributed by atoms with van der Waals surface area (Å²) in [5, 5.41) is 9.39. The standard InChI is InChI=1S/C30H56O/c1-4-7-8-9-10-23-11-14-27(15-12-23)29-18-16-28(22-26(29)6-3)30-17-13-24(19-20-31)21-25(30)5-2/h23-31H,4-22H2,1-3H3. The second-order valence-corrected chi connectivity index (χ2v) is 12.1. The van der Waals surface area contributed by atoms with Crippen molar-refractivity contribution < 1.29 is 5.11 Å². The third-order valence-electron chi connectivity index (χ3n) is 10.4. The maximum Gasteiger partial charge on any atom is 0.0433 e. The van der Waals surface area contributed by atoms with E-state index in [0.29, 0.717) is 6.61 Å². The fourth-order valence-corrected chi connectivity index (χ4v) is 8.49. The SMILES string of the molecule is CCCCCCC1CCC(C2CCC(C3CCC(CCO)CC3CC)CC2CC)CC1. The molecule has 31 heavy (non-hydrogen) atoms. The number of aliphatic hydroxyl groups excluding tert-OH is 1. The highest BCUT2D eigenvalue weighted by Crippen LogP contribution is 2.51. The summed E-state index contributed by atoms with van der Waals surface area (Å²) in [7, 11) is 0. The predicted octanol–water partition coefficient (Wildman–Crippen LogP) is 9.03. The predicted molar refractivity (Wildman–Crippen MR) is 135 cm³/mol. The minimum Gasteiger partial charge on any atom is -0.396 e. The van der Waals surface area contributed by atoms with Gasteiger partial charge in [0.1, 0.15) is 0 Å². The van der Waals surface area contributed by atoms with Gasteiger partial charge in [-0.3, -0.25) is 0 Å². The van der Waals surface area contributed by atoms with Gasteiger partial charge in [0.05, 0.1) is 0 Å². The van der Waals surface area contributed by atoms with Crippen molar-refractivity contribution in [1.82, 2.24) is 0 Å². The van der Waals surface area contributed by atoms with Gasteiger partial charge in [-0.25, -0.2) is 0 Å². The monoisotopic (exact) mass is 432 g/mol. The van der Waals surface area contributed by atoms with E-state index < -0.39 is 0 Å². The highest BCUT2D eigenvalue weighted by Gasteiger charge is 2.41. The van der Waals surface area contributed by atoms with Gasteiger partial charge < -0.3 is 5.11 Å². The quantitative estimate of drug-likeness (QED) is 0.323. The molecule has 0 aromatic heterocycles. The molecule has 0 aliphatic heterocycles.